The lowest BCUT2D eigenvalue weighted by Crippen LogP contribution is -2.42. The highest BCUT2D eigenvalue weighted by Gasteiger charge is 2.38. The average Bonchev–Trinajstić information content (AvgIpc) is 2.63. The summed E-state index contributed by atoms with van der Waals surface area (Å²) in [5, 5.41) is 2.67. The summed E-state index contributed by atoms with van der Waals surface area (Å²) in [7, 11) is 1.55. The van der Waals surface area contributed by atoms with Crippen LogP contribution in [0.3, 0.4) is 0 Å². The number of methoxy groups -OCH3 is 1. The molecular weight excluding hydrogens is 369 g/mol. The monoisotopic (exact) mass is 387 g/mol. The van der Waals surface area contributed by atoms with Crippen LogP contribution in [0.15, 0.2) is 54.2 Å². The van der Waals surface area contributed by atoms with Crippen LogP contribution in [0.2, 0.25) is 0 Å². The van der Waals surface area contributed by atoms with Gasteiger partial charge in [-0.15, -0.1) is 0 Å². The van der Waals surface area contributed by atoms with Gasteiger partial charge in [0.1, 0.15) is 11.5 Å². The summed E-state index contributed by atoms with van der Waals surface area (Å²) in [6.07, 6.45) is 1.11. The van der Waals surface area contributed by atoms with Crippen LogP contribution in [0.1, 0.15) is 13.8 Å². The van der Waals surface area contributed by atoms with Crippen LogP contribution < -0.4 is 14.8 Å². The van der Waals surface area contributed by atoms with Crippen molar-refractivity contribution in [2.45, 2.75) is 19.6 Å². The number of esters is 2. The fourth-order valence-corrected chi connectivity index (χ4v) is 2.38. The summed E-state index contributed by atoms with van der Waals surface area (Å²) in [5.41, 5.74) is -0.0178. The van der Waals surface area contributed by atoms with E-state index in [9.17, 15) is 14.0 Å². The number of hydrogen-bond donors (Lipinski definition) is 1. The smallest absolute Gasteiger partial charge is 0.350 e. The molecule has 1 heterocycles. The molecule has 0 saturated carbocycles. The van der Waals surface area contributed by atoms with Crippen molar-refractivity contribution < 1.29 is 32.9 Å². The predicted molar refractivity (Wildman–Crippen MR) is 97.4 cm³/mol. The summed E-state index contributed by atoms with van der Waals surface area (Å²) in [4.78, 5) is 23.8. The van der Waals surface area contributed by atoms with E-state index in [1.54, 1.807) is 31.4 Å². The standard InChI is InChI=1S/C20H18FNO6/c1-20(2)27-18(23)15(19(24)28-20)11-22-12-4-9-17(16(21)10-12)26-14-7-5-13(25-3)6-8-14/h4-11,22H,1-3H3. The molecular formula is C20H18FNO6. The number of carbonyl (C=O) groups excluding carboxylic acids is 2. The lowest BCUT2D eigenvalue weighted by molar-refractivity contribution is -0.222. The fraction of sp³-hybridized carbons (Fsp3) is 0.200. The van der Waals surface area contributed by atoms with E-state index in [0.29, 0.717) is 17.2 Å². The van der Waals surface area contributed by atoms with Crippen molar-refractivity contribution in [2.75, 3.05) is 12.4 Å². The Balaban J connectivity index is 1.70. The zero-order valence-corrected chi connectivity index (χ0v) is 15.4. The predicted octanol–water partition coefficient (Wildman–Crippen LogP) is 3.76. The molecule has 1 saturated heterocycles. The number of anilines is 1. The lowest BCUT2D eigenvalue weighted by atomic mass is 10.2. The summed E-state index contributed by atoms with van der Waals surface area (Å²) < 4.78 is 34.8. The number of ether oxygens (including phenoxy) is 4. The third-order valence-electron chi connectivity index (χ3n) is 3.72. The van der Waals surface area contributed by atoms with Crippen LogP contribution in [-0.4, -0.2) is 24.8 Å². The minimum atomic E-state index is -1.32. The number of hydrogen-bond acceptors (Lipinski definition) is 7. The molecule has 0 bridgehead atoms. The van der Waals surface area contributed by atoms with Gasteiger partial charge in [0.25, 0.3) is 5.79 Å². The molecule has 2 aromatic rings. The van der Waals surface area contributed by atoms with Crippen molar-refractivity contribution in [3.63, 3.8) is 0 Å². The third-order valence-corrected chi connectivity index (χ3v) is 3.72. The topological polar surface area (TPSA) is 83.1 Å². The lowest BCUT2D eigenvalue weighted by Gasteiger charge is -2.29. The van der Waals surface area contributed by atoms with Crippen molar-refractivity contribution in [3.8, 4) is 17.2 Å². The molecule has 0 radical (unpaired) electrons. The van der Waals surface area contributed by atoms with E-state index in [2.05, 4.69) is 5.32 Å². The molecule has 1 N–H and O–H groups in total. The first-order valence-electron chi connectivity index (χ1n) is 8.32. The van der Waals surface area contributed by atoms with Gasteiger partial charge >= 0.3 is 11.9 Å². The van der Waals surface area contributed by atoms with Crippen LogP contribution in [-0.2, 0) is 19.1 Å². The van der Waals surface area contributed by atoms with Crippen LogP contribution in [0, 0.1) is 5.82 Å². The largest absolute Gasteiger partial charge is 0.497 e. The Morgan fingerprint density at radius 3 is 2.18 bits per heavy atom. The summed E-state index contributed by atoms with van der Waals surface area (Å²) in [5.74, 6) is -2.49. The molecule has 146 valence electrons. The molecule has 0 aliphatic carbocycles. The second kappa shape index (κ2) is 7.59. The maximum atomic E-state index is 14.3. The van der Waals surface area contributed by atoms with Crippen molar-refractivity contribution in [3.05, 3.63) is 60.1 Å². The van der Waals surface area contributed by atoms with Crippen LogP contribution in [0.25, 0.3) is 0 Å². The van der Waals surface area contributed by atoms with Gasteiger partial charge < -0.3 is 24.3 Å². The minimum absolute atomic E-state index is 0.0154. The Morgan fingerprint density at radius 2 is 1.61 bits per heavy atom. The molecule has 1 aliphatic rings. The van der Waals surface area contributed by atoms with E-state index in [0.717, 1.165) is 6.20 Å². The molecule has 0 atom stereocenters. The first-order chi connectivity index (χ1) is 13.3. The molecule has 8 heteroatoms. The molecule has 3 rings (SSSR count). The van der Waals surface area contributed by atoms with Crippen LogP contribution >= 0.6 is 0 Å². The average molecular weight is 387 g/mol. The van der Waals surface area contributed by atoms with E-state index in [1.165, 1.54) is 32.0 Å². The molecule has 0 unspecified atom stereocenters. The van der Waals surface area contributed by atoms with Gasteiger partial charge in [0, 0.05) is 31.8 Å². The number of benzene rings is 2. The normalized spacial score (nSPS) is 15.4. The van der Waals surface area contributed by atoms with Gasteiger partial charge in [0.2, 0.25) is 0 Å². The van der Waals surface area contributed by atoms with Crippen LogP contribution in [0.4, 0.5) is 10.1 Å². The quantitative estimate of drug-likeness (QED) is 0.475. The Hall–Kier alpha value is -3.55. The minimum Gasteiger partial charge on any atom is -0.497 e. The molecule has 2 aromatic carbocycles. The highest BCUT2D eigenvalue weighted by atomic mass is 19.1. The third kappa shape index (κ3) is 4.40. The van der Waals surface area contributed by atoms with E-state index in [-0.39, 0.29) is 11.3 Å². The SMILES string of the molecule is COc1ccc(Oc2ccc(NC=C3C(=O)OC(C)(C)OC3=O)cc2F)cc1. The van der Waals surface area contributed by atoms with Crippen molar-refractivity contribution in [1.29, 1.82) is 0 Å². The van der Waals surface area contributed by atoms with E-state index >= 15 is 0 Å². The summed E-state index contributed by atoms with van der Waals surface area (Å²) in [6, 6.07) is 10.8. The van der Waals surface area contributed by atoms with Gasteiger partial charge in [-0.3, -0.25) is 0 Å². The zero-order valence-electron chi connectivity index (χ0n) is 15.4. The second-order valence-corrected chi connectivity index (χ2v) is 6.30. The Labute approximate surface area is 160 Å². The van der Waals surface area contributed by atoms with E-state index in [1.807, 2.05) is 0 Å². The number of halogens is 1. The Kier molecular flexibility index (Phi) is 5.21. The van der Waals surface area contributed by atoms with E-state index in [4.69, 9.17) is 18.9 Å². The number of rotatable bonds is 5. The van der Waals surface area contributed by atoms with Crippen molar-refractivity contribution in [2.24, 2.45) is 0 Å². The fourth-order valence-electron chi connectivity index (χ4n) is 2.38. The van der Waals surface area contributed by atoms with Gasteiger partial charge in [-0.2, -0.15) is 0 Å². The van der Waals surface area contributed by atoms with Gasteiger partial charge in [-0.05, 0) is 36.4 Å². The molecule has 0 amide bonds. The molecule has 7 nitrogen and oxygen atoms in total. The van der Waals surface area contributed by atoms with Gasteiger partial charge in [-0.25, -0.2) is 14.0 Å². The highest BCUT2D eigenvalue weighted by molar-refractivity contribution is 6.15. The van der Waals surface area contributed by atoms with Crippen molar-refractivity contribution >= 4 is 17.6 Å². The van der Waals surface area contributed by atoms with Crippen molar-refractivity contribution in [1.82, 2.24) is 0 Å². The second-order valence-electron chi connectivity index (χ2n) is 6.30. The zero-order chi connectivity index (χ0) is 20.3. The first-order valence-corrected chi connectivity index (χ1v) is 8.32. The number of carbonyl (C=O) groups is 2. The first kappa shape index (κ1) is 19.2. The summed E-state index contributed by atoms with van der Waals surface area (Å²) >= 11 is 0. The molecule has 28 heavy (non-hydrogen) atoms. The molecule has 1 aliphatic heterocycles. The number of nitrogens with one attached hydrogen (secondary N) is 1. The molecule has 1 fully saturated rings. The van der Waals surface area contributed by atoms with E-state index < -0.39 is 23.5 Å². The highest BCUT2D eigenvalue weighted by Crippen LogP contribution is 2.28. The Morgan fingerprint density at radius 1 is 1.00 bits per heavy atom. The Bertz CT molecular complexity index is 914. The molecule has 0 aromatic heterocycles. The number of cyclic esters (lactones) is 2. The van der Waals surface area contributed by atoms with Crippen LogP contribution in [0.5, 0.6) is 17.2 Å². The maximum absolute atomic E-state index is 14.3. The van der Waals surface area contributed by atoms with Gasteiger partial charge in [-0.1, -0.05) is 0 Å². The van der Waals surface area contributed by atoms with Gasteiger partial charge in [0.05, 0.1) is 7.11 Å². The summed E-state index contributed by atoms with van der Waals surface area (Å²) in [6.45, 7) is 2.90. The maximum Gasteiger partial charge on any atom is 0.350 e. The molecule has 0 spiro atoms. The van der Waals surface area contributed by atoms with Gasteiger partial charge in [0.15, 0.2) is 17.1 Å².